The van der Waals surface area contributed by atoms with Crippen LogP contribution in [0, 0.1) is 23.1 Å². The molecular formula is C15H12BrCl2FN4. The Bertz CT molecular complexity index is 823. The van der Waals surface area contributed by atoms with Crippen LogP contribution in [0.25, 0.3) is 10.9 Å². The van der Waals surface area contributed by atoms with Crippen molar-refractivity contribution in [3.8, 4) is 6.07 Å². The second kappa shape index (κ2) is 6.39. The largest absolute Gasteiger partial charge is 0.353 e. The summed E-state index contributed by atoms with van der Waals surface area (Å²) in [7, 11) is 0. The predicted octanol–water partition coefficient (Wildman–Crippen LogP) is 4.97. The third-order valence-corrected chi connectivity index (χ3v) is 5.58. The zero-order chi connectivity index (χ0) is 16.7. The van der Waals surface area contributed by atoms with E-state index in [9.17, 15) is 4.39 Å². The van der Waals surface area contributed by atoms with E-state index < -0.39 is 5.82 Å². The van der Waals surface area contributed by atoms with Gasteiger partial charge in [0.25, 0.3) is 0 Å². The SMILES string of the molecule is C[C@H]1C[C@H](C#N)CCN1c1nc(Cl)nc2c(F)c(Br)c(Cl)cc12. The summed E-state index contributed by atoms with van der Waals surface area (Å²) in [6.45, 7) is 2.67. The van der Waals surface area contributed by atoms with Crippen molar-refractivity contribution in [1.82, 2.24) is 9.97 Å². The first-order chi connectivity index (χ1) is 10.9. The molecule has 0 bridgehead atoms. The normalized spacial score (nSPS) is 21.5. The Morgan fingerprint density at radius 2 is 2.17 bits per heavy atom. The average Bonchev–Trinajstić information content (AvgIpc) is 2.53. The first kappa shape index (κ1) is 16.7. The molecule has 1 saturated heterocycles. The van der Waals surface area contributed by atoms with Crippen molar-refractivity contribution in [2.75, 3.05) is 11.4 Å². The Morgan fingerprint density at radius 1 is 1.43 bits per heavy atom. The minimum absolute atomic E-state index is 0.0183. The summed E-state index contributed by atoms with van der Waals surface area (Å²) in [5.74, 6) is 0.0223. The van der Waals surface area contributed by atoms with Crippen LogP contribution in [-0.4, -0.2) is 22.6 Å². The first-order valence-electron chi connectivity index (χ1n) is 7.09. The maximum Gasteiger partial charge on any atom is 0.225 e. The number of nitriles is 1. The van der Waals surface area contributed by atoms with Crippen LogP contribution in [0.3, 0.4) is 0 Å². The molecular weight excluding hydrogens is 406 g/mol. The number of piperidine rings is 1. The zero-order valence-corrected chi connectivity index (χ0v) is 15.3. The summed E-state index contributed by atoms with van der Waals surface area (Å²) in [5, 5.41) is 9.85. The molecule has 1 aromatic heterocycles. The Morgan fingerprint density at radius 3 is 2.83 bits per heavy atom. The highest BCUT2D eigenvalue weighted by atomic mass is 79.9. The van der Waals surface area contributed by atoms with Crippen LogP contribution in [0.1, 0.15) is 19.8 Å². The van der Waals surface area contributed by atoms with E-state index in [1.165, 1.54) is 0 Å². The van der Waals surface area contributed by atoms with Gasteiger partial charge in [0.1, 0.15) is 11.3 Å². The van der Waals surface area contributed by atoms with Gasteiger partial charge in [-0.05, 0) is 53.4 Å². The van der Waals surface area contributed by atoms with E-state index in [1.54, 1.807) is 6.07 Å². The molecule has 8 heteroatoms. The Balaban J connectivity index is 2.16. The third kappa shape index (κ3) is 2.98. The molecule has 23 heavy (non-hydrogen) atoms. The lowest BCUT2D eigenvalue weighted by molar-refractivity contribution is 0.414. The molecule has 0 N–H and O–H groups in total. The molecule has 1 aromatic carbocycles. The van der Waals surface area contributed by atoms with Gasteiger partial charge in [0, 0.05) is 23.9 Å². The third-order valence-electron chi connectivity index (χ3n) is 4.11. The molecule has 1 aliphatic heterocycles. The van der Waals surface area contributed by atoms with Crippen LogP contribution in [0.5, 0.6) is 0 Å². The minimum Gasteiger partial charge on any atom is -0.353 e. The molecule has 0 saturated carbocycles. The van der Waals surface area contributed by atoms with Crippen molar-refractivity contribution < 1.29 is 4.39 Å². The van der Waals surface area contributed by atoms with E-state index in [4.69, 9.17) is 28.5 Å². The molecule has 2 atom stereocenters. The Labute approximate surface area is 151 Å². The van der Waals surface area contributed by atoms with Crippen LogP contribution in [-0.2, 0) is 0 Å². The summed E-state index contributed by atoms with van der Waals surface area (Å²) in [5.41, 5.74) is 0.130. The predicted molar refractivity (Wildman–Crippen MR) is 92.4 cm³/mol. The van der Waals surface area contributed by atoms with Crippen LogP contribution in [0.15, 0.2) is 10.5 Å². The van der Waals surface area contributed by atoms with Gasteiger partial charge in [-0.1, -0.05) is 11.6 Å². The molecule has 4 nitrogen and oxygen atoms in total. The van der Waals surface area contributed by atoms with E-state index in [-0.39, 0.29) is 32.3 Å². The maximum absolute atomic E-state index is 14.5. The highest BCUT2D eigenvalue weighted by molar-refractivity contribution is 9.10. The van der Waals surface area contributed by atoms with Crippen LogP contribution in [0.2, 0.25) is 10.3 Å². The number of anilines is 1. The van der Waals surface area contributed by atoms with Gasteiger partial charge in [-0.25, -0.2) is 9.37 Å². The van der Waals surface area contributed by atoms with Crippen LogP contribution < -0.4 is 4.90 Å². The topological polar surface area (TPSA) is 52.8 Å². The molecule has 3 rings (SSSR count). The summed E-state index contributed by atoms with van der Waals surface area (Å²) in [4.78, 5) is 10.3. The molecule has 120 valence electrons. The number of rotatable bonds is 1. The van der Waals surface area contributed by atoms with Crippen LogP contribution in [0.4, 0.5) is 10.2 Å². The van der Waals surface area contributed by atoms with E-state index in [1.807, 2.05) is 11.8 Å². The molecule has 1 aliphatic rings. The van der Waals surface area contributed by atoms with Gasteiger partial charge in [-0.2, -0.15) is 10.2 Å². The van der Waals surface area contributed by atoms with E-state index >= 15 is 0 Å². The Hall–Kier alpha value is -1.16. The van der Waals surface area contributed by atoms with E-state index in [0.717, 1.165) is 12.8 Å². The van der Waals surface area contributed by atoms with Gasteiger partial charge in [-0.3, -0.25) is 0 Å². The molecule has 0 spiro atoms. The fourth-order valence-corrected chi connectivity index (χ4v) is 3.61. The number of fused-ring (bicyclic) bond motifs is 1. The van der Waals surface area contributed by atoms with Crippen molar-refractivity contribution in [1.29, 1.82) is 5.26 Å². The van der Waals surface area contributed by atoms with Gasteiger partial charge < -0.3 is 4.90 Å². The standard InChI is InChI=1S/C15H12BrCl2FN4/c1-7-4-8(6-20)2-3-23(7)14-9-5-10(17)11(16)12(19)13(9)21-15(18)22-14/h5,7-8H,2-4H2,1H3/t7-,8+/m0/s1. The van der Waals surface area contributed by atoms with Crippen molar-refractivity contribution in [3.63, 3.8) is 0 Å². The summed E-state index contributed by atoms with van der Waals surface area (Å²) >= 11 is 15.2. The lowest BCUT2D eigenvalue weighted by Gasteiger charge is -2.37. The summed E-state index contributed by atoms with van der Waals surface area (Å²) in [6, 6.07) is 4.04. The lowest BCUT2D eigenvalue weighted by Crippen LogP contribution is -2.41. The average molecular weight is 418 g/mol. The van der Waals surface area contributed by atoms with Gasteiger partial charge in [0.2, 0.25) is 5.28 Å². The molecule has 2 aromatic rings. The quantitative estimate of drug-likeness (QED) is 0.485. The second-order valence-electron chi connectivity index (χ2n) is 5.59. The maximum atomic E-state index is 14.5. The van der Waals surface area contributed by atoms with Crippen molar-refractivity contribution >= 4 is 55.9 Å². The number of halogens is 4. The zero-order valence-electron chi connectivity index (χ0n) is 12.2. The van der Waals surface area contributed by atoms with Crippen molar-refractivity contribution in [2.24, 2.45) is 5.92 Å². The summed E-state index contributed by atoms with van der Waals surface area (Å²) in [6.07, 6.45) is 1.46. The molecule has 2 heterocycles. The minimum atomic E-state index is -0.558. The van der Waals surface area contributed by atoms with Gasteiger partial charge >= 0.3 is 0 Å². The first-order valence-corrected chi connectivity index (χ1v) is 8.64. The van der Waals surface area contributed by atoms with Gasteiger partial charge in [-0.15, -0.1) is 0 Å². The van der Waals surface area contributed by atoms with E-state index in [0.29, 0.717) is 17.7 Å². The van der Waals surface area contributed by atoms with Gasteiger partial charge in [0.15, 0.2) is 5.82 Å². The van der Waals surface area contributed by atoms with Crippen molar-refractivity contribution in [2.45, 2.75) is 25.8 Å². The molecule has 1 fully saturated rings. The van der Waals surface area contributed by atoms with Gasteiger partial charge in [0.05, 0.1) is 15.6 Å². The highest BCUT2D eigenvalue weighted by Gasteiger charge is 2.28. The van der Waals surface area contributed by atoms with Crippen LogP contribution >= 0.6 is 39.1 Å². The Kier molecular flexibility index (Phi) is 4.63. The second-order valence-corrected chi connectivity index (χ2v) is 7.13. The molecule has 0 unspecified atom stereocenters. The smallest absolute Gasteiger partial charge is 0.225 e. The number of nitrogens with zero attached hydrogens (tertiary/aromatic N) is 4. The number of aromatic nitrogens is 2. The monoisotopic (exact) mass is 416 g/mol. The fourth-order valence-electron chi connectivity index (χ4n) is 2.95. The lowest BCUT2D eigenvalue weighted by atomic mass is 9.92. The number of hydrogen-bond donors (Lipinski definition) is 0. The van der Waals surface area contributed by atoms with E-state index in [2.05, 4.69) is 32.0 Å². The molecule has 0 amide bonds. The molecule has 0 radical (unpaired) electrons. The molecule has 0 aliphatic carbocycles. The summed E-state index contributed by atoms with van der Waals surface area (Å²) < 4.78 is 14.6. The highest BCUT2D eigenvalue weighted by Crippen LogP contribution is 2.37. The van der Waals surface area contributed by atoms with Crippen molar-refractivity contribution in [3.05, 3.63) is 26.7 Å². The number of hydrogen-bond acceptors (Lipinski definition) is 4. The number of benzene rings is 1. The fraction of sp³-hybridized carbons (Fsp3) is 0.400.